The second-order valence-corrected chi connectivity index (χ2v) is 3.86. The van der Waals surface area contributed by atoms with Crippen molar-refractivity contribution in [1.29, 1.82) is 0 Å². The molecule has 2 rings (SSSR count). The van der Waals surface area contributed by atoms with Gasteiger partial charge in [-0.3, -0.25) is 10.1 Å². The number of hydrogen-bond acceptors (Lipinski definition) is 3. The van der Waals surface area contributed by atoms with Crippen LogP contribution in [0.25, 0.3) is 0 Å². The van der Waals surface area contributed by atoms with E-state index in [1.807, 2.05) is 6.92 Å². The van der Waals surface area contributed by atoms with Gasteiger partial charge in [0.25, 0.3) is 5.91 Å². The predicted molar refractivity (Wildman–Crippen MR) is 66.2 cm³/mol. The van der Waals surface area contributed by atoms with Crippen LogP contribution in [-0.2, 0) is 0 Å². The van der Waals surface area contributed by atoms with Crippen molar-refractivity contribution in [3.8, 4) is 0 Å². The van der Waals surface area contributed by atoms with Gasteiger partial charge in [-0.2, -0.15) is 0 Å². The van der Waals surface area contributed by atoms with E-state index in [1.54, 1.807) is 36.5 Å². The molecule has 0 saturated carbocycles. The summed E-state index contributed by atoms with van der Waals surface area (Å²) in [6, 6.07) is 8.58. The zero-order valence-electron chi connectivity index (χ0n) is 9.14. The van der Waals surface area contributed by atoms with Gasteiger partial charge in [0.15, 0.2) is 0 Å². The summed E-state index contributed by atoms with van der Waals surface area (Å²) in [5.74, 6) is -0.0453. The summed E-state index contributed by atoms with van der Waals surface area (Å²) in [5, 5.41) is 2.99. The third-order valence-electron chi connectivity index (χ3n) is 2.14. The summed E-state index contributed by atoms with van der Waals surface area (Å²) >= 11 is 5.91. The highest BCUT2D eigenvalue weighted by Crippen LogP contribution is 2.15. The Balaban J connectivity index is 2.20. The molecule has 0 fully saturated rings. The van der Waals surface area contributed by atoms with E-state index in [-0.39, 0.29) is 11.9 Å². The smallest absolute Gasteiger partial charge is 0.259 e. The fourth-order valence-corrected chi connectivity index (χ4v) is 1.54. The van der Waals surface area contributed by atoms with E-state index in [0.717, 1.165) is 5.69 Å². The fraction of sp³-hybridized carbons (Fsp3) is 0.0833. The molecule has 0 atom stereocenters. The lowest BCUT2D eigenvalue weighted by Crippen LogP contribution is -2.14. The van der Waals surface area contributed by atoms with Crippen LogP contribution in [0.2, 0.25) is 5.02 Å². The zero-order chi connectivity index (χ0) is 12.3. The second-order valence-electron chi connectivity index (χ2n) is 3.46. The molecule has 1 aromatic carbocycles. The Hall–Kier alpha value is -1.94. The number of nitrogens with zero attached hydrogens (tertiary/aromatic N) is 2. The number of carbonyl (C=O) groups is 1. The Labute approximate surface area is 104 Å². The Kier molecular flexibility index (Phi) is 3.35. The van der Waals surface area contributed by atoms with Gasteiger partial charge < -0.3 is 0 Å². The summed E-state index contributed by atoms with van der Waals surface area (Å²) in [4.78, 5) is 19.9. The summed E-state index contributed by atoms with van der Waals surface area (Å²) in [6.45, 7) is 1.83. The Bertz CT molecular complexity index is 557. The van der Waals surface area contributed by atoms with E-state index in [0.29, 0.717) is 10.6 Å². The van der Waals surface area contributed by atoms with Gasteiger partial charge in [0, 0.05) is 11.9 Å². The minimum atomic E-state index is -0.318. The highest BCUT2D eigenvalue weighted by atomic mass is 35.5. The minimum absolute atomic E-state index is 0.273. The molecule has 4 nitrogen and oxygen atoms in total. The number of halogens is 1. The third-order valence-corrected chi connectivity index (χ3v) is 2.47. The molecule has 1 heterocycles. The van der Waals surface area contributed by atoms with Crippen LogP contribution in [0.3, 0.4) is 0 Å². The maximum absolute atomic E-state index is 11.9. The topological polar surface area (TPSA) is 54.9 Å². The van der Waals surface area contributed by atoms with Crippen LogP contribution in [0.4, 0.5) is 5.95 Å². The van der Waals surface area contributed by atoms with E-state index >= 15 is 0 Å². The maximum Gasteiger partial charge on any atom is 0.259 e. The molecule has 0 radical (unpaired) electrons. The summed E-state index contributed by atoms with van der Waals surface area (Å²) in [7, 11) is 0. The Morgan fingerprint density at radius 3 is 2.76 bits per heavy atom. The molecule has 1 amide bonds. The molecule has 0 unspecified atom stereocenters. The maximum atomic E-state index is 11.9. The van der Waals surface area contributed by atoms with Gasteiger partial charge in [0.05, 0.1) is 10.6 Å². The van der Waals surface area contributed by atoms with Gasteiger partial charge in [-0.05, 0) is 25.1 Å². The molecule has 1 aromatic heterocycles. The summed E-state index contributed by atoms with van der Waals surface area (Å²) < 4.78 is 0. The van der Waals surface area contributed by atoms with Gasteiger partial charge in [-0.15, -0.1) is 0 Å². The molecule has 2 aromatic rings. The van der Waals surface area contributed by atoms with E-state index < -0.39 is 0 Å². The Morgan fingerprint density at radius 2 is 2.06 bits per heavy atom. The number of nitrogens with one attached hydrogen (secondary N) is 1. The number of hydrogen-bond donors (Lipinski definition) is 1. The summed E-state index contributed by atoms with van der Waals surface area (Å²) in [5.41, 5.74) is 1.19. The van der Waals surface area contributed by atoms with E-state index in [4.69, 9.17) is 11.6 Å². The lowest BCUT2D eigenvalue weighted by atomic mass is 10.2. The molecule has 17 heavy (non-hydrogen) atoms. The van der Waals surface area contributed by atoms with Gasteiger partial charge in [0.1, 0.15) is 0 Å². The van der Waals surface area contributed by atoms with Crippen LogP contribution < -0.4 is 5.32 Å². The van der Waals surface area contributed by atoms with Crippen LogP contribution in [-0.4, -0.2) is 15.9 Å². The van der Waals surface area contributed by atoms with Crippen molar-refractivity contribution >= 4 is 23.5 Å². The average molecular weight is 248 g/mol. The quantitative estimate of drug-likeness (QED) is 0.888. The van der Waals surface area contributed by atoms with Crippen molar-refractivity contribution in [3.63, 3.8) is 0 Å². The van der Waals surface area contributed by atoms with Crippen molar-refractivity contribution < 1.29 is 4.79 Å². The second kappa shape index (κ2) is 4.93. The number of anilines is 1. The first-order valence-electron chi connectivity index (χ1n) is 5.02. The van der Waals surface area contributed by atoms with Gasteiger partial charge in [0.2, 0.25) is 5.95 Å². The molecule has 0 bridgehead atoms. The van der Waals surface area contributed by atoms with Crippen LogP contribution in [0, 0.1) is 6.92 Å². The monoisotopic (exact) mass is 247 g/mol. The van der Waals surface area contributed by atoms with Crippen molar-refractivity contribution in [3.05, 3.63) is 52.8 Å². The number of aromatic nitrogens is 2. The van der Waals surface area contributed by atoms with Crippen LogP contribution in [0.1, 0.15) is 16.1 Å². The van der Waals surface area contributed by atoms with Crippen LogP contribution in [0.5, 0.6) is 0 Å². The zero-order valence-corrected chi connectivity index (χ0v) is 9.90. The van der Waals surface area contributed by atoms with Crippen molar-refractivity contribution in [1.82, 2.24) is 9.97 Å². The molecule has 1 N–H and O–H groups in total. The largest absolute Gasteiger partial charge is 0.290 e. The number of rotatable bonds is 2. The summed E-state index contributed by atoms with van der Waals surface area (Å²) in [6.07, 6.45) is 1.59. The van der Waals surface area contributed by atoms with Crippen LogP contribution in [0.15, 0.2) is 36.5 Å². The first kappa shape index (κ1) is 11.5. The molecule has 5 heteroatoms. The van der Waals surface area contributed by atoms with Crippen LogP contribution >= 0.6 is 11.6 Å². The van der Waals surface area contributed by atoms with E-state index in [1.165, 1.54) is 0 Å². The SMILES string of the molecule is Cc1ccnc(NC(=O)c2ccccc2Cl)n1. The Morgan fingerprint density at radius 1 is 1.29 bits per heavy atom. The first-order chi connectivity index (χ1) is 8.16. The first-order valence-corrected chi connectivity index (χ1v) is 5.40. The minimum Gasteiger partial charge on any atom is -0.290 e. The fourth-order valence-electron chi connectivity index (χ4n) is 1.32. The lowest BCUT2D eigenvalue weighted by molar-refractivity contribution is 0.102. The average Bonchev–Trinajstić information content (AvgIpc) is 2.29. The lowest BCUT2D eigenvalue weighted by Gasteiger charge is -2.05. The van der Waals surface area contributed by atoms with Crippen molar-refractivity contribution in [2.75, 3.05) is 5.32 Å². The number of aryl methyl sites for hydroxylation is 1. The third kappa shape index (κ3) is 2.79. The van der Waals surface area contributed by atoms with Crippen molar-refractivity contribution in [2.24, 2.45) is 0 Å². The highest BCUT2D eigenvalue weighted by molar-refractivity contribution is 6.34. The van der Waals surface area contributed by atoms with E-state index in [9.17, 15) is 4.79 Å². The molecule has 0 aliphatic rings. The van der Waals surface area contributed by atoms with Gasteiger partial charge in [-0.1, -0.05) is 23.7 Å². The predicted octanol–water partition coefficient (Wildman–Crippen LogP) is 2.69. The van der Waals surface area contributed by atoms with Gasteiger partial charge >= 0.3 is 0 Å². The molecule has 0 spiro atoms. The number of benzene rings is 1. The highest BCUT2D eigenvalue weighted by Gasteiger charge is 2.10. The standard InChI is InChI=1S/C12H10ClN3O/c1-8-6-7-14-12(15-8)16-11(17)9-4-2-3-5-10(9)13/h2-7H,1H3,(H,14,15,16,17). The molecule has 0 aliphatic carbocycles. The normalized spacial score (nSPS) is 10.0. The van der Waals surface area contributed by atoms with Crippen molar-refractivity contribution in [2.45, 2.75) is 6.92 Å². The molecular weight excluding hydrogens is 238 g/mol. The van der Waals surface area contributed by atoms with E-state index in [2.05, 4.69) is 15.3 Å². The number of carbonyl (C=O) groups excluding carboxylic acids is 1. The molecule has 0 aliphatic heterocycles. The number of amides is 1. The molecule has 86 valence electrons. The molecular formula is C12H10ClN3O. The van der Waals surface area contributed by atoms with Gasteiger partial charge in [-0.25, -0.2) is 9.97 Å². The molecule has 0 saturated heterocycles.